The van der Waals surface area contributed by atoms with E-state index in [2.05, 4.69) is 46.8 Å². The molecule has 2 aromatic rings. The van der Waals surface area contributed by atoms with Gasteiger partial charge >= 0.3 is 0 Å². The summed E-state index contributed by atoms with van der Waals surface area (Å²) in [5.74, 6) is 1.77. The lowest BCUT2D eigenvalue weighted by Gasteiger charge is -2.32. The van der Waals surface area contributed by atoms with E-state index in [4.69, 9.17) is 9.47 Å². The number of rotatable bonds is 6. The lowest BCUT2D eigenvalue weighted by atomic mass is 9.95. The van der Waals surface area contributed by atoms with Crippen LogP contribution in [0.1, 0.15) is 23.6 Å². The highest BCUT2D eigenvalue weighted by atomic mass is 32.2. The molecule has 0 bridgehead atoms. The van der Waals surface area contributed by atoms with E-state index in [0.29, 0.717) is 0 Å². The Morgan fingerprint density at radius 1 is 1.00 bits per heavy atom. The molecule has 1 aliphatic heterocycles. The highest BCUT2D eigenvalue weighted by molar-refractivity contribution is 7.98. The summed E-state index contributed by atoms with van der Waals surface area (Å²) in [6.45, 7) is 4.15. The largest absolute Gasteiger partial charge is 0.497 e. The van der Waals surface area contributed by atoms with E-state index in [9.17, 15) is 0 Å². The van der Waals surface area contributed by atoms with Gasteiger partial charge in [0.05, 0.1) is 20.3 Å². The fourth-order valence-electron chi connectivity index (χ4n) is 3.55. The van der Waals surface area contributed by atoms with Crippen molar-refractivity contribution in [3.05, 3.63) is 53.6 Å². The van der Waals surface area contributed by atoms with Gasteiger partial charge in [-0.3, -0.25) is 4.90 Å². The molecule has 1 N–H and O–H groups in total. The molecular formula is C21H28N2O2S. The minimum atomic E-state index is 0.149. The molecule has 0 saturated carbocycles. The summed E-state index contributed by atoms with van der Waals surface area (Å²) in [6, 6.07) is 15.1. The number of methoxy groups -OCH3 is 2. The quantitative estimate of drug-likeness (QED) is 0.780. The Bertz CT molecular complexity index is 698. The summed E-state index contributed by atoms with van der Waals surface area (Å²) in [5, 5.41) is 3.50. The molecule has 26 heavy (non-hydrogen) atoms. The fraction of sp³-hybridized carbons (Fsp3) is 0.429. The standard InChI is InChI=1S/C21H28N2O2S/c1-24-17-7-10-20(25-2)19(15-17)21(23-13-4-11-22-12-14-23)16-5-8-18(26-3)9-6-16/h5-10,15,21-22H,4,11-14H2,1-3H3. The summed E-state index contributed by atoms with van der Waals surface area (Å²) in [4.78, 5) is 3.83. The number of nitrogens with one attached hydrogen (secondary N) is 1. The van der Waals surface area contributed by atoms with E-state index in [-0.39, 0.29) is 6.04 Å². The predicted molar refractivity (Wildman–Crippen MR) is 109 cm³/mol. The normalized spacial score (nSPS) is 16.7. The summed E-state index contributed by atoms with van der Waals surface area (Å²) in [7, 11) is 3.45. The maximum Gasteiger partial charge on any atom is 0.124 e. The van der Waals surface area contributed by atoms with Crippen molar-refractivity contribution in [2.24, 2.45) is 0 Å². The summed E-state index contributed by atoms with van der Waals surface area (Å²) < 4.78 is 11.2. The molecule has 0 aromatic heterocycles. The minimum Gasteiger partial charge on any atom is -0.497 e. The molecule has 1 atom stereocenters. The molecule has 4 nitrogen and oxygen atoms in total. The second-order valence-corrected chi connectivity index (χ2v) is 7.30. The Hall–Kier alpha value is -1.69. The number of hydrogen-bond donors (Lipinski definition) is 1. The molecule has 1 aliphatic rings. The van der Waals surface area contributed by atoms with Gasteiger partial charge in [-0.1, -0.05) is 12.1 Å². The average molecular weight is 373 g/mol. The van der Waals surface area contributed by atoms with Crippen LogP contribution in [0, 0.1) is 0 Å². The van der Waals surface area contributed by atoms with Crippen molar-refractivity contribution < 1.29 is 9.47 Å². The average Bonchev–Trinajstić information content (AvgIpc) is 2.98. The van der Waals surface area contributed by atoms with E-state index in [0.717, 1.165) is 49.7 Å². The maximum atomic E-state index is 5.71. The van der Waals surface area contributed by atoms with Crippen LogP contribution in [0.4, 0.5) is 0 Å². The van der Waals surface area contributed by atoms with Crippen LogP contribution in [-0.2, 0) is 0 Å². The molecule has 0 aliphatic carbocycles. The van der Waals surface area contributed by atoms with Crippen molar-refractivity contribution in [1.29, 1.82) is 0 Å². The molecule has 5 heteroatoms. The Morgan fingerprint density at radius 3 is 2.50 bits per heavy atom. The fourth-order valence-corrected chi connectivity index (χ4v) is 3.96. The maximum absolute atomic E-state index is 5.71. The number of thioether (sulfide) groups is 1. The molecule has 140 valence electrons. The van der Waals surface area contributed by atoms with Gasteiger partial charge in [-0.05, 0) is 55.1 Å². The van der Waals surface area contributed by atoms with Crippen LogP contribution in [0.15, 0.2) is 47.4 Å². The summed E-state index contributed by atoms with van der Waals surface area (Å²) >= 11 is 1.77. The Kier molecular flexibility index (Phi) is 6.83. The highest BCUT2D eigenvalue weighted by Crippen LogP contribution is 2.37. The Morgan fingerprint density at radius 2 is 1.81 bits per heavy atom. The highest BCUT2D eigenvalue weighted by Gasteiger charge is 2.26. The molecule has 0 spiro atoms. The van der Waals surface area contributed by atoms with E-state index < -0.39 is 0 Å². The van der Waals surface area contributed by atoms with Crippen molar-refractivity contribution >= 4 is 11.8 Å². The number of benzene rings is 2. The molecule has 3 rings (SSSR count). The first-order valence-corrected chi connectivity index (χ1v) is 10.3. The predicted octanol–water partition coefficient (Wildman–Crippen LogP) is 3.81. The summed E-state index contributed by atoms with van der Waals surface area (Å²) in [5.41, 5.74) is 2.45. The third kappa shape index (κ3) is 4.34. The second-order valence-electron chi connectivity index (χ2n) is 6.42. The smallest absolute Gasteiger partial charge is 0.124 e. The van der Waals surface area contributed by atoms with Crippen LogP contribution in [0.5, 0.6) is 11.5 Å². The molecule has 2 aromatic carbocycles. The van der Waals surface area contributed by atoms with Crippen molar-refractivity contribution in [2.45, 2.75) is 17.4 Å². The van der Waals surface area contributed by atoms with Crippen LogP contribution in [0.25, 0.3) is 0 Å². The van der Waals surface area contributed by atoms with Gasteiger partial charge in [0.2, 0.25) is 0 Å². The zero-order chi connectivity index (χ0) is 18.4. The lowest BCUT2D eigenvalue weighted by molar-refractivity contribution is 0.235. The molecule has 1 unspecified atom stereocenters. The third-order valence-electron chi connectivity index (χ3n) is 4.90. The minimum absolute atomic E-state index is 0.149. The Labute approximate surface area is 160 Å². The van der Waals surface area contributed by atoms with Crippen LogP contribution in [0.2, 0.25) is 0 Å². The first-order valence-electron chi connectivity index (χ1n) is 9.07. The SMILES string of the molecule is COc1ccc(OC)c(C(c2ccc(SC)cc2)N2CCCNCC2)c1. The third-order valence-corrected chi connectivity index (χ3v) is 5.65. The van der Waals surface area contributed by atoms with E-state index in [1.54, 1.807) is 26.0 Å². The van der Waals surface area contributed by atoms with E-state index in [1.807, 2.05) is 12.1 Å². The van der Waals surface area contributed by atoms with Crippen molar-refractivity contribution in [3.8, 4) is 11.5 Å². The van der Waals surface area contributed by atoms with Crippen LogP contribution < -0.4 is 14.8 Å². The van der Waals surface area contributed by atoms with Crippen LogP contribution >= 0.6 is 11.8 Å². The monoisotopic (exact) mass is 372 g/mol. The van der Waals surface area contributed by atoms with Gasteiger partial charge in [0, 0.05) is 30.1 Å². The van der Waals surface area contributed by atoms with Gasteiger partial charge in [0.15, 0.2) is 0 Å². The number of ether oxygens (including phenoxy) is 2. The zero-order valence-corrected chi connectivity index (χ0v) is 16.6. The molecule has 0 amide bonds. The van der Waals surface area contributed by atoms with Crippen LogP contribution in [-0.4, -0.2) is 51.6 Å². The molecule has 0 radical (unpaired) electrons. The lowest BCUT2D eigenvalue weighted by Crippen LogP contribution is -2.33. The summed E-state index contributed by atoms with van der Waals surface area (Å²) in [6.07, 6.45) is 3.25. The van der Waals surface area contributed by atoms with Gasteiger partial charge in [0.1, 0.15) is 11.5 Å². The van der Waals surface area contributed by atoms with Crippen molar-refractivity contribution in [2.75, 3.05) is 46.7 Å². The molecule has 1 fully saturated rings. The van der Waals surface area contributed by atoms with Gasteiger partial charge in [-0.25, -0.2) is 0 Å². The first-order chi connectivity index (χ1) is 12.8. The van der Waals surface area contributed by atoms with Crippen LogP contribution in [0.3, 0.4) is 0 Å². The van der Waals surface area contributed by atoms with Crippen molar-refractivity contribution in [1.82, 2.24) is 10.2 Å². The van der Waals surface area contributed by atoms with E-state index in [1.165, 1.54) is 10.5 Å². The second kappa shape index (κ2) is 9.31. The zero-order valence-electron chi connectivity index (χ0n) is 15.8. The number of hydrogen-bond acceptors (Lipinski definition) is 5. The molecular weight excluding hydrogens is 344 g/mol. The van der Waals surface area contributed by atoms with Crippen molar-refractivity contribution in [3.63, 3.8) is 0 Å². The van der Waals surface area contributed by atoms with Gasteiger partial charge < -0.3 is 14.8 Å². The first kappa shape index (κ1) is 19.1. The van der Waals surface area contributed by atoms with Gasteiger partial charge in [-0.2, -0.15) is 0 Å². The molecule has 1 heterocycles. The Balaban J connectivity index is 2.07. The van der Waals surface area contributed by atoms with E-state index >= 15 is 0 Å². The van der Waals surface area contributed by atoms with Gasteiger partial charge in [0.25, 0.3) is 0 Å². The van der Waals surface area contributed by atoms with Gasteiger partial charge in [-0.15, -0.1) is 11.8 Å². The number of nitrogens with zero attached hydrogens (tertiary/aromatic N) is 1. The molecule has 1 saturated heterocycles. The topological polar surface area (TPSA) is 33.7 Å².